The van der Waals surface area contributed by atoms with Crippen molar-refractivity contribution >= 4 is 97.2 Å². The molecule has 0 aliphatic heterocycles. The number of halogens is 1. The number of carbonyl (C=O) groups is 10. The molecule has 1 N–H and O–H groups in total. The molecule has 17 heteroatoms. The van der Waals surface area contributed by atoms with E-state index >= 15 is 0 Å². The normalized spacial score (nSPS) is 37.3. The number of ether oxygens (including phenoxy) is 3. The van der Waals surface area contributed by atoms with Crippen molar-refractivity contribution in [1.29, 1.82) is 0 Å². The summed E-state index contributed by atoms with van der Waals surface area (Å²) >= 11 is 5.37. The van der Waals surface area contributed by atoms with E-state index in [9.17, 15) is 47.9 Å². The van der Waals surface area contributed by atoms with Gasteiger partial charge in [0, 0.05) is 86.9 Å². The van der Waals surface area contributed by atoms with Crippen molar-refractivity contribution in [2.24, 2.45) is 92.7 Å². The van der Waals surface area contributed by atoms with Crippen LogP contribution in [0.4, 0.5) is 0 Å². The van der Waals surface area contributed by atoms with Gasteiger partial charge in [-0.1, -0.05) is 55.4 Å². The van der Waals surface area contributed by atoms with Gasteiger partial charge in [0.15, 0.2) is 6.61 Å². The third kappa shape index (κ3) is 13.9. The van der Waals surface area contributed by atoms with Crippen LogP contribution >= 0.6 is 11.6 Å². The maximum atomic E-state index is 13.9. The van der Waals surface area contributed by atoms with Gasteiger partial charge in [-0.25, -0.2) is 4.79 Å². The molecule has 84 heavy (non-hydrogen) atoms. The zero-order chi connectivity index (χ0) is 59.0. The molecule has 0 aromatic rings. The Hall–Kier alpha value is -3.11. The molecule has 16 unspecified atom stereocenters. The molecule has 0 aromatic heterocycles. The standard InChI is InChI=1S/C33H48O7.C24H34O5.C9H15ClO2.CH3.H2S.S/c1-5-33(13-6-7-14-33)40-29(38)19-39-28(37)11-8-20(2)23-9-10-24-30-25(18-27(36)32(23,24)4)31(3)15-12-22(34)16-21(31)17-26(30)35;1-13(4-7-21(28)29)16-5-6-17-22-18(12-20(27)24(16,17)3)23(2)9-8-15(25)10-14(23)11-19(22)26;1-2-9(5-3-4-6-9)12-8(11)7-10;;;/h20-21,23-25,30H,5-19H2,1-4H3;13-14,16-18,22H,4-12H2,1-3H3,(H,28,29);2-7H2,1H3;1H3;1H2;/q;;;-1;;-2/p-1. The predicted molar refractivity (Wildman–Crippen MR) is 326 cm³/mol. The van der Waals surface area contributed by atoms with E-state index in [1.165, 1.54) is 12.8 Å². The van der Waals surface area contributed by atoms with Gasteiger partial charge in [-0.05, 0) is 186 Å². The molecule has 0 amide bonds. The fourth-order valence-corrected chi connectivity index (χ4v) is 19.8. The molecule has 10 fully saturated rings. The zero-order valence-corrected chi connectivity index (χ0v) is 54.6. The lowest BCUT2D eigenvalue weighted by Gasteiger charge is -2.58. The molecule has 10 aliphatic rings. The highest BCUT2D eigenvalue weighted by Gasteiger charge is 2.68. The second-order valence-electron chi connectivity index (χ2n) is 28.6. The fraction of sp³-hybridized carbons (Fsp3) is 0.836. The fourth-order valence-electron chi connectivity index (χ4n) is 19.7. The Balaban J connectivity index is 0.000000256. The number of hydrogen-bond donors (Lipinski definition) is 1. The Morgan fingerprint density at radius 1 is 0.560 bits per heavy atom. The second-order valence-corrected chi connectivity index (χ2v) is 28.8. The summed E-state index contributed by atoms with van der Waals surface area (Å²) in [5.41, 5.74) is -1.85. The highest BCUT2D eigenvalue weighted by Crippen LogP contribution is 2.68. The highest BCUT2D eigenvalue weighted by molar-refractivity contribution is 7.37. The first kappa shape index (κ1) is 71.6. The van der Waals surface area contributed by atoms with Crippen LogP contribution in [-0.2, 0) is 89.1 Å². The summed E-state index contributed by atoms with van der Waals surface area (Å²) in [5, 5.41) is 9.06. The predicted octanol–water partition coefficient (Wildman–Crippen LogP) is 12.5. The summed E-state index contributed by atoms with van der Waals surface area (Å²) < 4.78 is 16.3. The van der Waals surface area contributed by atoms with Crippen LogP contribution in [0, 0.1) is 100 Å². The maximum absolute atomic E-state index is 13.9. The lowest BCUT2D eigenvalue weighted by atomic mass is 9.44. The molecule has 476 valence electrons. The molecule has 10 saturated carbocycles. The van der Waals surface area contributed by atoms with Gasteiger partial charge < -0.3 is 53.7 Å². The molecule has 0 bridgehead atoms. The van der Waals surface area contributed by atoms with E-state index in [0.717, 1.165) is 89.9 Å². The average molecular weight is 1230 g/mol. The number of ketones is 6. The quantitative estimate of drug-likeness (QED) is 0.0403. The van der Waals surface area contributed by atoms with Gasteiger partial charge in [0.2, 0.25) is 0 Å². The lowest BCUT2D eigenvalue weighted by Crippen LogP contribution is -2.60. The van der Waals surface area contributed by atoms with E-state index in [0.29, 0.717) is 64.2 Å². The number of esters is 3. The number of fused-ring (bicyclic) bond motifs is 10. The van der Waals surface area contributed by atoms with Crippen molar-refractivity contribution in [3.63, 3.8) is 0 Å². The van der Waals surface area contributed by atoms with Crippen LogP contribution in [0.1, 0.15) is 235 Å². The smallest absolute Gasteiger partial charge is 0.344 e. The number of thiol groups is 1. The zero-order valence-electron chi connectivity index (χ0n) is 52.1. The number of alkyl halides is 1. The first-order chi connectivity index (χ1) is 38.2. The van der Waals surface area contributed by atoms with Crippen LogP contribution in [0.25, 0.3) is 0 Å². The minimum absolute atomic E-state index is 0. The van der Waals surface area contributed by atoms with Gasteiger partial charge in [-0.2, -0.15) is 0 Å². The van der Waals surface area contributed by atoms with E-state index in [1.54, 1.807) is 0 Å². The molecule has 0 aromatic carbocycles. The summed E-state index contributed by atoms with van der Waals surface area (Å²) in [6, 6.07) is 0. The molecule has 14 nitrogen and oxygen atoms in total. The molecule has 10 aliphatic carbocycles. The minimum Gasteiger partial charge on any atom is -2.00 e. The highest BCUT2D eigenvalue weighted by atomic mass is 35.5. The van der Waals surface area contributed by atoms with Crippen molar-refractivity contribution in [2.45, 2.75) is 246 Å². The molecule has 0 radical (unpaired) electrons. The van der Waals surface area contributed by atoms with Crippen molar-refractivity contribution in [3.05, 3.63) is 7.43 Å². The van der Waals surface area contributed by atoms with E-state index in [4.69, 9.17) is 30.9 Å². The number of carboxylic acid groups (broad SMARTS) is 1. The monoisotopic (exact) mass is 1230 g/mol. The van der Waals surface area contributed by atoms with Crippen LogP contribution in [0.5, 0.6) is 0 Å². The molecule has 16 atom stereocenters. The van der Waals surface area contributed by atoms with Gasteiger partial charge >= 0.3 is 23.9 Å². The summed E-state index contributed by atoms with van der Waals surface area (Å²) in [5.74, 6) is 0.392. The van der Waals surface area contributed by atoms with Gasteiger partial charge in [-0.15, -0.1) is 11.6 Å². The van der Waals surface area contributed by atoms with E-state index in [-0.39, 0.29) is 188 Å². The minimum atomic E-state index is -0.792. The number of Topliss-reactive ketones (excluding diaryl/α,β-unsaturated/α-hetero) is 6. The van der Waals surface area contributed by atoms with Gasteiger partial charge in [0.1, 0.15) is 51.8 Å². The first-order valence-corrected chi connectivity index (χ1v) is 32.3. The van der Waals surface area contributed by atoms with Crippen LogP contribution in [0.2, 0.25) is 0 Å². The SMILES string of the molecule is CC(CCC(=O)O)C1CCC2C3C(=O)CC4CC(=O)CCC4(C)C3CC(=O)C12C.CCC1(OC(=O)CCl)CCCC1.CCC1(OC(=O)COC(=O)CCC(C)C2CCC3C4C(=O)CC5CC(=O)CCC5(C)C4CC(=O)C23C)CCCC1.[CH3-].[S-2].[SH-]. The second kappa shape index (κ2) is 28.6. The third-order valence-electron chi connectivity index (χ3n) is 24.9. The van der Waals surface area contributed by atoms with E-state index in [2.05, 4.69) is 48.5 Å². The number of carbonyl (C=O) groups excluding carboxylic acids is 9. The Morgan fingerprint density at radius 3 is 1.33 bits per heavy atom. The molecule has 10 rings (SSSR count). The number of aliphatic carboxylic acids is 1. The largest absolute Gasteiger partial charge is 2.00 e. The van der Waals surface area contributed by atoms with Crippen molar-refractivity contribution in [1.82, 2.24) is 0 Å². The van der Waals surface area contributed by atoms with Gasteiger partial charge in [-0.3, -0.25) is 43.2 Å². The Kier molecular flexibility index (Phi) is 24.4. The Labute approximate surface area is 520 Å². The summed E-state index contributed by atoms with van der Waals surface area (Å²) in [4.78, 5) is 126. The third-order valence-corrected chi connectivity index (χ3v) is 25.1. The van der Waals surface area contributed by atoms with Crippen LogP contribution < -0.4 is 0 Å². The van der Waals surface area contributed by atoms with Gasteiger partial charge in [0.05, 0.1) is 0 Å². The number of hydrogen-bond acceptors (Lipinski definition) is 14. The molecule has 0 saturated heterocycles. The maximum Gasteiger partial charge on any atom is 0.344 e. The molecule has 0 heterocycles. The lowest BCUT2D eigenvalue weighted by molar-refractivity contribution is -0.170. The van der Waals surface area contributed by atoms with E-state index < -0.39 is 34.3 Å². The Bertz CT molecular complexity index is 2450. The topological polar surface area (TPSA) is 219 Å². The van der Waals surface area contributed by atoms with Gasteiger partial charge in [0.25, 0.3) is 0 Å². The van der Waals surface area contributed by atoms with Crippen LogP contribution in [0.15, 0.2) is 0 Å². The van der Waals surface area contributed by atoms with Crippen molar-refractivity contribution in [3.8, 4) is 0 Å². The molecular formula is C67H101ClO14S2-4. The van der Waals surface area contributed by atoms with Crippen LogP contribution in [-0.4, -0.2) is 87.4 Å². The van der Waals surface area contributed by atoms with E-state index in [1.807, 2.05) is 6.92 Å². The number of carboxylic acids is 1. The summed E-state index contributed by atoms with van der Waals surface area (Å²) in [6.07, 6.45) is 20.5. The molecule has 0 spiro atoms. The van der Waals surface area contributed by atoms with Crippen molar-refractivity contribution in [2.75, 3.05) is 12.5 Å². The Morgan fingerprint density at radius 2 is 0.952 bits per heavy atom. The average Bonchev–Trinajstić information content (AvgIpc) is 1.30. The van der Waals surface area contributed by atoms with Crippen molar-refractivity contribution < 1.29 is 67.3 Å². The first-order valence-electron chi connectivity index (χ1n) is 31.8. The van der Waals surface area contributed by atoms with Crippen LogP contribution in [0.3, 0.4) is 0 Å². The summed E-state index contributed by atoms with van der Waals surface area (Å²) in [6.45, 7) is 16.5. The number of rotatable bonds is 15. The molecular weight excluding hydrogens is 1130 g/mol. The summed E-state index contributed by atoms with van der Waals surface area (Å²) in [7, 11) is 0.